The molecular weight excluding hydrogens is 346 g/mol. The molecule has 0 aliphatic carbocycles. The van der Waals surface area contributed by atoms with E-state index in [1.807, 2.05) is 36.4 Å². The second-order valence-electron chi connectivity index (χ2n) is 7.37. The lowest BCUT2D eigenvalue weighted by atomic mass is 9.87. The van der Waals surface area contributed by atoms with Crippen molar-refractivity contribution in [2.24, 2.45) is 5.10 Å². The molecule has 2 aromatic carbocycles. The molecule has 0 unspecified atom stereocenters. The minimum atomic E-state index is -3.74. The van der Waals surface area contributed by atoms with Gasteiger partial charge in [-0.15, -0.1) is 0 Å². The molecule has 0 amide bonds. The van der Waals surface area contributed by atoms with Crippen LogP contribution in [0.15, 0.2) is 58.7 Å². The molecule has 1 aromatic heterocycles. The van der Waals surface area contributed by atoms with E-state index < -0.39 is 10.0 Å². The lowest BCUT2D eigenvalue weighted by Crippen LogP contribution is -2.21. The normalized spacial score (nSPS) is 12.8. The number of aryl methyl sites for hydroxylation is 1. The van der Waals surface area contributed by atoms with Crippen molar-refractivity contribution in [1.82, 2.24) is 9.82 Å². The van der Waals surface area contributed by atoms with Gasteiger partial charge in [0.05, 0.1) is 11.1 Å². The Labute approximate surface area is 154 Å². The van der Waals surface area contributed by atoms with Gasteiger partial charge in [-0.3, -0.25) is 0 Å². The van der Waals surface area contributed by atoms with E-state index in [4.69, 9.17) is 0 Å². The number of hydrogen-bond acceptors (Lipinski definition) is 3. The number of rotatable bonds is 4. The summed E-state index contributed by atoms with van der Waals surface area (Å²) in [5.41, 5.74) is 3.32. The van der Waals surface area contributed by atoms with Gasteiger partial charge in [0.15, 0.2) is 0 Å². The summed E-state index contributed by atoms with van der Waals surface area (Å²) >= 11 is 0. The van der Waals surface area contributed by atoms with E-state index in [1.165, 1.54) is 6.21 Å². The molecule has 0 radical (unpaired) electrons. The highest BCUT2D eigenvalue weighted by atomic mass is 32.2. The monoisotopic (exact) mass is 369 g/mol. The molecule has 5 nitrogen and oxygen atoms in total. The average Bonchev–Trinajstić information content (AvgIpc) is 2.97. The highest BCUT2D eigenvalue weighted by Gasteiger charge is 2.21. The van der Waals surface area contributed by atoms with Crippen LogP contribution in [-0.2, 0) is 15.4 Å². The predicted octanol–water partition coefficient (Wildman–Crippen LogP) is 4.09. The Morgan fingerprint density at radius 3 is 2.58 bits per heavy atom. The van der Waals surface area contributed by atoms with E-state index in [9.17, 15) is 8.42 Å². The lowest BCUT2D eigenvalue weighted by molar-refractivity contribution is 0.577. The number of aromatic nitrogens is 1. The zero-order chi connectivity index (χ0) is 18.9. The van der Waals surface area contributed by atoms with Crippen LogP contribution in [0.4, 0.5) is 0 Å². The van der Waals surface area contributed by atoms with Gasteiger partial charge in [0, 0.05) is 22.7 Å². The maximum atomic E-state index is 12.7. The number of nitrogens with zero attached hydrogens (tertiary/aromatic N) is 1. The first kappa shape index (κ1) is 18.2. The average molecular weight is 369 g/mol. The van der Waals surface area contributed by atoms with Crippen molar-refractivity contribution < 1.29 is 8.42 Å². The third-order valence-electron chi connectivity index (χ3n) is 4.34. The Morgan fingerprint density at radius 2 is 1.85 bits per heavy atom. The molecule has 1 heterocycles. The molecule has 0 saturated carbocycles. The molecule has 0 spiro atoms. The molecule has 0 fully saturated rings. The van der Waals surface area contributed by atoms with Gasteiger partial charge in [0.25, 0.3) is 10.0 Å². The third kappa shape index (κ3) is 3.65. The Balaban J connectivity index is 1.88. The molecule has 0 aliphatic heterocycles. The summed E-state index contributed by atoms with van der Waals surface area (Å²) in [6.07, 6.45) is 3.31. The van der Waals surface area contributed by atoms with Crippen LogP contribution in [0.5, 0.6) is 0 Å². The highest BCUT2D eigenvalue weighted by molar-refractivity contribution is 7.89. The minimum absolute atomic E-state index is 0.134. The van der Waals surface area contributed by atoms with Crippen LogP contribution >= 0.6 is 0 Å². The molecule has 3 aromatic rings. The number of H-pyrrole nitrogens is 1. The number of benzene rings is 2. The predicted molar refractivity (Wildman–Crippen MR) is 106 cm³/mol. The van der Waals surface area contributed by atoms with Gasteiger partial charge < -0.3 is 4.98 Å². The molecule has 0 aliphatic rings. The standard InChI is InChI=1S/C20H23N3O2S/c1-14-9-10-16(20(2,3)4)11-19(14)26(24,25)23-22-13-15-12-21-18-8-6-5-7-17(15)18/h5-13,21,23H,1-4H3/b22-13+. The molecule has 0 saturated heterocycles. The topological polar surface area (TPSA) is 74.3 Å². The quantitative estimate of drug-likeness (QED) is 0.537. The van der Waals surface area contributed by atoms with Crippen molar-refractivity contribution in [3.8, 4) is 0 Å². The highest BCUT2D eigenvalue weighted by Crippen LogP contribution is 2.26. The van der Waals surface area contributed by atoms with E-state index in [2.05, 4.69) is 35.7 Å². The van der Waals surface area contributed by atoms with Crippen molar-refractivity contribution in [3.05, 3.63) is 65.4 Å². The van der Waals surface area contributed by atoms with Crippen LogP contribution < -0.4 is 4.83 Å². The Bertz CT molecular complexity index is 1070. The van der Waals surface area contributed by atoms with Crippen LogP contribution in [0.1, 0.15) is 37.5 Å². The molecule has 136 valence electrons. The maximum absolute atomic E-state index is 12.7. The Hall–Kier alpha value is -2.60. The number of aromatic amines is 1. The summed E-state index contributed by atoms with van der Waals surface area (Å²) < 4.78 is 25.4. The van der Waals surface area contributed by atoms with Crippen LogP contribution in [0.3, 0.4) is 0 Å². The number of hydrogen-bond donors (Lipinski definition) is 2. The fraction of sp³-hybridized carbons (Fsp3) is 0.250. The van der Waals surface area contributed by atoms with Crippen LogP contribution in [0.25, 0.3) is 10.9 Å². The second-order valence-corrected chi connectivity index (χ2v) is 9.00. The van der Waals surface area contributed by atoms with Crippen molar-refractivity contribution in [2.75, 3.05) is 0 Å². The molecule has 0 atom stereocenters. The van der Waals surface area contributed by atoms with E-state index in [0.717, 1.165) is 22.0 Å². The minimum Gasteiger partial charge on any atom is -0.361 e. The molecule has 3 rings (SSSR count). The molecule has 0 bridgehead atoms. The Morgan fingerprint density at radius 1 is 1.12 bits per heavy atom. The van der Waals surface area contributed by atoms with E-state index in [1.54, 1.807) is 19.2 Å². The number of fused-ring (bicyclic) bond motifs is 1. The first-order valence-corrected chi connectivity index (χ1v) is 9.89. The van der Waals surface area contributed by atoms with Crippen molar-refractivity contribution >= 4 is 27.1 Å². The van der Waals surface area contributed by atoms with Gasteiger partial charge in [-0.05, 0) is 35.6 Å². The number of sulfonamides is 1. The van der Waals surface area contributed by atoms with Crippen molar-refractivity contribution in [3.63, 3.8) is 0 Å². The fourth-order valence-corrected chi connectivity index (χ4v) is 3.84. The first-order chi connectivity index (χ1) is 12.2. The molecule has 6 heteroatoms. The zero-order valence-corrected chi connectivity index (χ0v) is 16.2. The maximum Gasteiger partial charge on any atom is 0.276 e. The van der Waals surface area contributed by atoms with Gasteiger partial charge in [-0.2, -0.15) is 13.5 Å². The number of hydrazone groups is 1. The third-order valence-corrected chi connectivity index (χ3v) is 5.71. The van der Waals surface area contributed by atoms with Gasteiger partial charge >= 0.3 is 0 Å². The Kier molecular flexibility index (Phi) is 4.63. The van der Waals surface area contributed by atoms with E-state index in [0.29, 0.717) is 5.56 Å². The van der Waals surface area contributed by atoms with Crippen LogP contribution in [0, 0.1) is 6.92 Å². The van der Waals surface area contributed by atoms with E-state index in [-0.39, 0.29) is 10.3 Å². The summed E-state index contributed by atoms with van der Waals surface area (Å²) in [5.74, 6) is 0. The summed E-state index contributed by atoms with van der Waals surface area (Å²) in [6.45, 7) is 7.94. The van der Waals surface area contributed by atoms with Gasteiger partial charge in [-0.1, -0.05) is 51.1 Å². The SMILES string of the molecule is Cc1ccc(C(C)(C)C)cc1S(=O)(=O)N/N=C/c1c[nH]c2ccccc12. The summed E-state index contributed by atoms with van der Waals surface area (Å²) in [5, 5.41) is 4.95. The van der Waals surface area contributed by atoms with Crippen molar-refractivity contribution in [2.45, 2.75) is 38.0 Å². The largest absolute Gasteiger partial charge is 0.361 e. The fourth-order valence-electron chi connectivity index (χ4n) is 2.77. The zero-order valence-electron chi connectivity index (χ0n) is 15.4. The first-order valence-electron chi connectivity index (χ1n) is 8.40. The second kappa shape index (κ2) is 6.61. The lowest BCUT2D eigenvalue weighted by Gasteiger charge is -2.20. The number of nitrogens with one attached hydrogen (secondary N) is 2. The summed E-state index contributed by atoms with van der Waals surface area (Å²) in [7, 11) is -3.74. The smallest absolute Gasteiger partial charge is 0.276 e. The summed E-state index contributed by atoms with van der Waals surface area (Å²) in [4.78, 5) is 5.71. The van der Waals surface area contributed by atoms with Gasteiger partial charge in [-0.25, -0.2) is 4.83 Å². The van der Waals surface area contributed by atoms with Gasteiger partial charge in [0.1, 0.15) is 0 Å². The van der Waals surface area contributed by atoms with E-state index >= 15 is 0 Å². The molecule has 2 N–H and O–H groups in total. The van der Waals surface area contributed by atoms with Gasteiger partial charge in [0.2, 0.25) is 0 Å². The van der Waals surface area contributed by atoms with Crippen LogP contribution in [0.2, 0.25) is 0 Å². The summed E-state index contributed by atoms with van der Waals surface area (Å²) in [6, 6.07) is 13.3. The molecular formula is C20H23N3O2S. The van der Waals surface area contributed by atoms with Crippen LogP contribution in [-0.4, -0.2) is 19.6 Å². The van der Waals surface area contributed by atoms with Crippen molar-refractivity contribution in [1.29, 1.82) is 0 Å². The molecule has 26 heavy (non-hydrogen) atoms. The number of para-hydroxylation sites is 1.